The summed E-state index contributed by atoms with van der Waals surface area (Å²) in [5.74, 6) is 0. The van der Waals surface area contributed by atoms with E-state index in [0.29, 0.717) is 0 Å². The number of hydrogen-bond donors (Lipinski definition) is 1. The molecule has 0 saturated heterocycles. The van der Waals surface area contributed by atoms with Crippen LogP contribution in [0.2, 0.25) is 5.02 Å². The Hall–Kier alpha value is -1.00. The van der Waals surface area contributed by atoms with E-state index in [1.807, 2.05) is 35.1 Å². The van der Waals surface area contributed by atoms with E-state index in [2.05, 4.69) is 26.3 Å². The molecule has 0 fully saturated rings. The van der Waals surface area contributed by atoms with Crippen LogP contribution in [0.25, 0.3) is 0 Å². The van der Waals surface area contributed by atoms with Crippen molar-refractivity contribution in [3.8, 4) is 0 Å². The summed E-state index contributed by atoms with van der Waals surface area (Å²) in [5, 5.41) is 8.15. The highest BCUT2D eigenvalue weighted by molar-refractivity contribution is 9.10. The molecule has 0 atom stereocenters. The Morgan fingerprint density at radius 1 is 1.44 bits per heavy atom. The summed E-state index contributed by atoms with van der Waals surface area (Å²) >= 11 is 9.38. The fraction of sp³-hybridized carbons (Fsp3) is 0.182. The van der Waals surface area contributed by atoms with E-state index in [-0.39, 0.29) is 0 Å². The first-order chi connectivity index (χ1) is 7.75. The van der Waals surface area contributed by atoms with Crippen molar-refractivity contribution < 1.29 is 0 Å². The molecular formula is C11H11BrClN3. The zero-order valence-electron chi connectivity index (χ0n) is 8.53. The van der Waals surface area contributed by atoms with Gasteiger partial charge in [0.15, 0.2) is 0 Å². The second-order valence-electron chi connectivity index (χ2n) is 3.32. The van der Waals surface area contributed by atoms with Gasteiger partial charge in [0.2, 0.25) is 0 Å². The largest absolute Gasteiger partial charge is 0.382 e. The number of halogens is 2. The van der Waals surface area contributed by atoms with Crippen LogP contribution in [0.5, 0.6) is 0 Å². The monoisotopic (exact) mass is 299 g/mol. The number of hydrogen-bond acceptors (Lipinski definition) is 2. The van der Waals surface area contributed by atoms with Crippen LogP contribution in [0.15, 0.2) is 41.1 Å². The van der Waals surface area contributed by atoms with Crippen molar-refractivity contribution in [3.05, 3.63) is 46.2 Å². The van der Waals surface area contributed by atoms with Gasteiger partial charge in [0, 0.05) is 34.1 Å². The average molecular weight is 301 g/mol. The number of benzene rings is 1. The Bertz CT molecular complexity index is 456. The smallest absolute Gasteiger partial charge is 0.0582 e. The topological polar surface area (TPSA) is 29.9 Å². The minimum Gasteiger partial charge on any atom is -0.382 e. The molecule has 3 nitrogen and oxygen atoms in total. The molecule has 5 heteroatoms. The summed E-state index contributed by atoms with van der Waals surface area (Å²) in [6, 6.07) is 7.59. The number of aromatic nitrogens is 2. The predicted octanol–water partition coefficient (Wildman–Crippen LogP) is 3.41. The van der Waals surface area contributed by atoms with E-state index in [1.165, 1.54) is 0 Å². The first-order valence-electron chi connectivity index (χ1n) is 4.92. The molecule has 0 bridgehead atoms. The number of anilines is 1. The van der Waals surface area contributed by atoms with E-state index < -0.39 is 0 Å². The third kappa shape index (κ3) is 3.00. The first-order valence-corrected chi connectivity index (χ1v) is 6.09. The molecule has 1 aromatic carbocycles. The van der Waals surface area contributed by atoms with Crippen LogP contribution >= 0.6 is 27.5 Å². The SMILES string of the molecule is Clc1ccc(Br)c(NCCn2cccn2)c1. The van der Waals surface area contributed by atoms with Crippen molar-refractivity contribution in [1.82, 2.24) is 9.78 Å². The zero-order valence-corrected chi connectivity index (χ0v) is 10.9. The van der Waals surface area contributed by atoms with Gasteiger partial charge in [-0.2, -0.15) is 5.10 Å². The lowest BCUT2D eigenvalue weighted by Gasteiger charge is -2.08. The van der Waals surface area contributed by atoms with Crippen LogP contribution < -0.4 is 5.32 Å². The fourth-order valence-corrected chi connectivity index (χ4v) is 1.93. The van der Waals surface area contributed by atoms with E-state index in [9.17, 15) is 0 Å². The Morgan fingerprint density at radius 2 is 2.31 bits per heavy atom. The van der Waals surface area contributed by atoms with Crippen LogP contribution in [0.1, 0.15) is 0 Å². The number of nitrogens with one attached hydrogen (secondary N) is 1. The van der Waals surface area contributed by atoms with Gasteiger partial charge in [-0.3, -0.25) is 4.68 Å². The molecule has 84 valence electrons. The quantitative estimate of drug-likeness (QED) is 0.938. The van der Waals surface area contributed by atoms with Gasteiger partial charge in [0.1, 0.15) is 0 Å². The summed E-state index contributed by atoms with van der Waals surface area (Å²) in [6.45, 7) is 1.63. The van der Waals surface area contributed by atoms with Gasteiger partial charge in [-0.25, -0.2) is 0 Å². The van der Waals surface area contributed by atoms with Gasteiger partial charge in [-0.15, -0.1) is 0 Å². The van der Waals surface area contributed by atoms with Gasteiger partial charge in [0.05, 0.1) is 6.54 Å². The minimum absolute atomic E-state index is 0.727. The molecule has 0 unspecified atom stereocenters. The average Bonchev–Trinajstić information content (AvgIpc) is 2.76. The first kappa shape index (κ1) is 11.5. The van der Waals surface area contributed by atoms with Gasteiger partial charge in [-0.1, -0.05) is 11.6 Å². The molecule has 1 N–H and O–H groups in total. The maximum absolute atomic E-state index is 5.92. The maximum atomic E-state index is 5.92. The lowest BCUT2D eigenvalue weighted by Crippen LogP contribution is -2.10. The Kier molecular flexibility index (Phi) is 3.85. The molecule has 0 spiro atoms. The third-order valence-electron chi connectivity index (χ3n) is 2.14. The normalized spacial score (nSPS) is 10.4. The predicted molar refractivity (Wildman–Crippen MR) is 69.9 cm³/mol. The number of rotatable bonds is 4. The molecule has 2 rings (SSSR count). The van der Waals surface area contributed by atoms with E-state index in [1.54, 1.807) is 6.20 Å². The molecule has 0 radical (unpaired) electrons. The van der Waals surface area contributed by atoms with Crippen molar-refractivity contribution in [2.75, 3.05) is 11.9 Å². The van der Waals surface area contributed by atoms with Crippen LogP contribution in [0.3, 0.4) is 0 Å². The molecule has 0 saturated carbocycles. The van der Waals surface area contributed by atoms with Crippen molar-refractivity contribution in [1.29, 1.82) is 0 Å². The Labute approximate surface area is 108 Å². The molecule has 16 heavy (non-hydrogen) atoms. The van der Waals surface area contributed by atoms with Gasteiger partial charge >= 0.3 is 0 Å². The second kappa shape index (κ2) is 5.37. The molecule has 0 aliphatic rings. The van der Waals surface area contributed by atoms with Crippen molar-refractivity contribution in [2.45, 2.75) is 6.54 Å². The standard InChI is InChI=1S/C11H11BrClN3/c12-10-3-2-9(13)8-11(10)14-5-7-16-6-1-4-15-16/h1-4,6,8,14H,5,7H2. The lowest BCUT2D eigenvalue weighted by atomic mass is 10.3. The molecule has 0 amide bonds. The van der Waals surface area contributed by atoms with E-state index in [4.69, 9.17) is 11.6 Å². The van der Waals surface area contributed by atoms with E-state index >= 15 is 0 Å². The van der Waals surface area contributed by atoms with Gasteiger partial charge < -0.3 is 5.32 Å². The Morgan fingerprint density at radius 3 is 3.06 bits per heavy atom. The van der Waals surface area contributed by atoms with Crippen LogP contribution in [-0.2, 0) is 6.54 Å². The lowest BCUT2D eigenvalue weighted by molar-refractivity contribution is 0.638. The molecule has 0 aliphatic carbocycles. The molecule has 1 heterocycles. The highest BCUT2D eigenvalue weighted by atomic mass is 79.9. The summed E-state index contributed by atoms with van der Waals surface area (Å²) in [7, 11) is 0. The van der Waals surface area contributed by atoms with Crippen LogP contribution in [0, 0.1) is 0 Å². The molecule has 2 aromatic rings. The van der Waals surface area contributed by atoms with Crippen LogP contribution in [-0.4, -0.2) is 16.3 Å². The summed E-state index contributed by atoms with van der Waals surface area (Å²) in [4.78, 5) is 0. The van der Waals surface area contributed by atoms with Crippen LogP contribution in [0.4, 0.5) is 5.69 Å². The number of nitrogens with zero attached hydrogens (tertiary/aromatic N) is 2. The van der Waals surface area contributed by atoms with Crippen molar-refractivity contribution in [2.24, 2.45) is 0 Å². The van der Waals surface area contributed by atoms with Gasteiger partial charge in [0.25, 0.3) is 0 Å². The van der Waals surface area contributed by atoms with Crippen molar-refractivity contribution in [3.63, 3.8) is 0 Å². The molecule has 1 aromatic heterocycles. The molecular weight excluding hydrogens is 289 g/mol. The Balaban J connectivity index is 1.92. The van der Waals surface area contributed by atoms with E-state index in [0.717, 1.165) is 28.3 Å². The summed E-state index contributed by atoms with van der Waals surface area (Å²) in [6.07, 6.45) is 3.71. The minimum atomic E-state index is 0.727. The maximum Gasteiger partial charge on any atom is 0.0582 e. The summed E-state index contributed by atoms with van der Waals surface area (Å²) in [5.41, 5.74) is 1.000. The highest BCUT2D eigenvalue weighted by Gasteiger charge is 1.99. The zero-order chi connectivity index (χ0) is 11.4. The highest BCUT2D eigenvalue weighted by Crippen LogP contribution is 2.25. The summed E-state index contributed by atoms with van der Waals surface area (Å²) < 4.78 is 2.89. The third-order valence-corrected chi connectivity index (χ3v) is 3.07. The van der Waals surface area contributed by atoms with Gasteiger partial charge in [-0.05, 0) is 40.2 Å². The fourth-order valence-electron chi connectivity index (χ4n) is 1.37. The second-order valence-corrected chi connectivity index (χ2v) is 4.61. The van der Waals surface area contributed by atoms with Crippen molar-refractivity contribution >= 4 is 33.2 Å². The molecule has 0 aliphatic heterocycles.